The Morgan fingerprint density at radius 1 is 1.40 bits per heavy atom. The summed E-state index contributed by atoms with van der Waals surface area (Å²) in [6, 6.07) is 3.22. The molecule has 0 atom stereocenters. The first-order chi connectivity index (χ1) is 9.58. The lowest BCUT2D eigenvalue weighted by Crippen LogP contribution is -2.39. The number of nitro benzene ring substituents is 1. The quantitative estimate of drug-likeness (QED) is 0.479. The lowest BCUT2D eigenvalue weighted by atomic mass is 10.1. The molecule has 1 fully saturated rings. The molecule has 2 rings (SSSR count). The Labute approximate surface area is 114 Å². The first-order valence-corrected chi connectivity index (χ1v) is 6.06. The zero-order chi connectivity index (χ0) is 14.5. The predicted molar refractivity (Wildman–Crippen MR) is 69.5 cm³/mol. The minimum absolute atomic E-state index is 0.193. The fraction of sp³-hybridized carbons (Fsp3) is 0.308. The molecule has 0 saturated carbocycles. The van der Waals surface area contributed by atoms with Gasteiger partial charge in [-0.15, -0.1) is 0 Å². The van der Waals surface area contributed by atoms with Crippen LogP contribution in [0.25, 0.3) is 6.08 Å². The molecule has 0 spiro atoms. The number of hydrogen-bond acceptors (Lipinski definition) is 4. The van der Waals surface area contributed by atoms with E-state index in [0.717, 1.165) is 12.1 Å². The molecule has 6 nitrogen and oxygen atoms in total. The number of halogens is 1. The monoisotopic (exact) mass is 280 g/mol. The van der Waals surface area contributed by atoms with E-state index in [1.165, 1.54) is 18.2 Å². The van der Waals surface area contributed by atoms with Crippen LogP contribution >= 0.6 is 0 Å². The summed E-state index contributed by atoms with van der Waals surface area (Å²) >= 11 is 0. The molecule has 0 aliphatic carbocycles. The van der Waals surface area contributed by atoms with Crippen molar-refractivity contribution in [3.63, 3.8) is 0 Å². The van der Waals surface area contributed by atoms with E-state index in [9.17, 15) is 19.3 Å². The molecule has 1 saturated heterocycles. The second kappa shape index (κ2) is 6.25. The van der Waals surface area contributed by atoms with Gasteiger partial charge in [-0.3, -0.25) is 14.9 Å². The minimum atomic E-state index is -0.687. The number of ether oxygens (including phenoxy) is 1. The van der Waals surface area contributed by atoms with E-state index < -0.39 is 10.7 Å². The average Bonchev–Trinajstić information content (AvgIpc) is 2.46. The highest BCUT2D eigenvalue weighted by molar-refractivity contribution is 5.92. The van der Waals surface area contributed by atoms with Crippen LogP contribution in [0.3, 0.4) is 0 Å². The molecule has 20 heavy (non-hydrogen) atoms. The zero-order valence-corrected chi connectivity index (χ0v) is 10.6. The molecule has 0 N–H and O–H groups in total. The Morgan fingerprint density at radius 2 is 2.10 bits per heavy atom. The molecular formula is C13H13FN2O4. The van der Waals surface area contributed by atoms with Gasteiger partial charge in [0, 0.05) is 19.2 Å². The van der Waals surface area contributed by atoms with Crippen molar-refractivity contribution in [1.29, 1.82) is 0 Å². The number of carbonyl (C=O) groups is 1. The summed E-state index contributed by atoms with van der Waals surface area (Å²) in [5.74, 6) is -0.930. The van der Waals surface area contributed by atoms with E-state index in [0.29, 0.717) is 26.3 Å². The van der Waals surface area contributed by atoms with E-state index in [1.54, 1.807) is 4.90 Å². The van der Waals surface area contributed by atoms with Crippen LogP contribution in [0.1, 0.15) is 5.56 Å². The molecule has 0 aromatic heterocycles. The number of carbonyl (C=O) groups excluding carboxylic acids is 1. The lowest BCUT2D eigenvalue weighted by molar-refractivity contribution is -0.385. The number of nitro groups is 1. The number of hydrogen-bond donors (Lipinski definition) is 0. The Kier molecular flexibility index (Phi) is 4.41. The van der Waals surface area contributed by atoms with Crippen molar-refractivity contribution < 1.29 is 18.8 Å². The van der Waals surface area contributed by atoms with Crippen molar-refractivity contribution in [3.8, 4) is 0 Å². The second-order valence-electron chi connectivity index (χ2n) is 4.23. The SMILES string of the molecule is O=C(C=Cc1ccc(F)cc1[N+](=O)[O-])N1CCOCC1. The second-order valence-corrected chi connectivity index (χ2v) is 4.23. The standard InChI is InChI=1S/C13H13FN2O4/c14-11-3-1-10(12(9-11)16(18)19)2-4-13(17)15-5-7-20-8-6-15/h1-4,9H,5-8H2. The summed E-state index contributed by atoms with van der Waals surface area (Å²) in [7, 11) is 0. The van der Waals surface area contributed by atoms with Gasteiger partial charge in [-0.05, 0) is 18.2 Å². The molecule has 7 heteroatoms. The van der Waals surface area contributed by atoms with Crippen molar-refractivity contribution in [2.75, 3.05) is 26.3 Å². The van der Waals surface area contributed by atoms with E-state index in [4.69, 9.17) is 4.74 Å². The van der Waals surface area contributed by atoms with Crippen LogP contribution < -0.4 is 0 Å². The van der Waals surface area contributed by atoms with Gasteiger partial charge in [0.15, 0.2) is 0 Å². The normalized spacial score (nSPS) is 15.6. The van der Waals surface area contributed by atoms with Gasteiger partial charge in [0.2, 0.25) is 5.91 Å². The van der Waals surface area contributed by atoms with Gasteiger partial charge in [0.05, 0.1) is 29.8 Å². The van der Waals surface area contributed by atoms with Crippen molar-refractivity contribution in [1.82, 2.24) is 4.90 Å². The van der Waals surface area contributed by atoms with Gasteiger partial charge in [0.1, 0.15) is 5.82 Å². The van der Waals surface area contributed by atoms with Crippen LogP contribution in [0.2, 0.25) is 0 Å². The van der Waals surface area contributed by atoms with Gasteiger partial charge >= 0.3 is 0 Å². The summed E-state index contributed by atoms with van der Waals surface area (Å²) in [5, 5.41) is 10.8. The van der Waals surface area contributed by atoms with Crippen LogP contribution in [-0.4, -0.2) is 42.0 Å². The predicted octanol–water partition coefficient (Wildman–Crippen LogP) is 1.61. The summed E-state index contributed by atoms with van der Waals surface area (Å²) in [6.45, 7) is 1.95. The maximum Gasteiger partial charge on any atom is 0.279 e. The first kappa shape index (κ1) is 14.1. The minimum Gasteiger partial charge on any atom is -0.378 e. The Balaban J connectivity index is 2.14. The smallest absolute Gasteiger partial charge is 0.279 e. The number of nitrogens with zero attached hydrogens (tertiary/aromatic N) is 2. The van der Waals surface area contributed by atoms with Gasteiger partial charge in [-0.2, -0.15) is 0 Å². The molecule has 0 bridgehead atoms. The molecule has 0 unspecified atom stereocenters. The van der Waals surface area contributed by atoms with Crippen molar-refractivity contribution in [3.05, 3.63) is 45.8 Å². The van der Waals surface area contributed by atoms with Crippen molar-refractivity contribution >= 4 is 17.7 Å². The first-order valence-electron chi connectivity index (χ1n) is 6.06. The topological polar surface area (TPSA) is 72.7 Å². The van der Waals surface area contributed by atoms with Gasteiger partial charge in [-0.25, -0.2) is 4.39 Å². The van der Waals surface area contributed by atoms with Crippen molar-refractivity contribution in [2.24, 2.45) is 0 Å². The van der Waals surface area contributed by atoms with Crippen LogP contribution in [-0.2, 0) is 9.53 Å². The summed E-state index contributed by atoms with van der Waals surface area (Å²) in [4.78, 5) is 23.6. The molecule has 1 aliphatic heterocycles. The highest BCUT2D eigenvalue weighted by atomic mass is 19.1. The number of rotatable bonds is 3. The maximum atomic E-state index is 13.0. The Morgan fingerprint density at radius 3 is 2.75 bits per heavy atom. The maximum absolute atomic E-state index is 13.0. The third kappa shape index (κ3) is 3.39. The highest BCUT2D eigenvalue weighted by Crippen LogP contribution is 2.21. The highest BCUT2D eigenvalue weighted by Gasteiger charge is 2.16. The van der Waals surface area contributed by atoms with Crippen LogP contribution in [0.5, 0.6) is 0 Å². The summed E-state index contributed by atoms with van der Waals surface area (Å²) in [5.41, 5.74) is -0.172. The zero-order valence-electron chi connectivity index (χ0n) is 10.6. The fourth-order valence-electron chi connectivity index (χ4n) is 1.87. The third-order valence-corrected chi connectivity index (χ3v) is 2.92. The molecule has 0 radical (unpaired) electrons. The Hall–Kier alpha value is -2.28. The van der Waals surface area contributed by atoms with E-state index in [1.807, 2.05) is 0 Å². The molecule has 1 aromatic rings. The molecule has 1 amide bonds. The van der Waals surface area contributed by atoms with Crippen LogP contribution in [0, 0.1) is 15.9 Å². The average molecular weight is 280 g/mol. The van der Waals surface area contributed by atoms with Gasteiger partial charge < -0.3 is 9.64 Å². The summed E-state index contributed by atoms with van der Waals surface area (Å²) in [6.07, 6.45) is 2.58. The Bertz CT molecular complexity index is 553. The molecule has 1 aliphatic rings. The van der Waals surface area contributed by atoms with Crippen LogP contribution in [0.15, 0.2) is 24.3 Å². The number of morpholine rings is 1. The molecule has 1 heterocycles. The van der Waals surface area contributed by atoms with Crippen LogP contribution in [0.4, 0.5) is 10.1 Å². The molecule has 1 aromatic carbocycles. The largest absolute Gasteiger partial charge is 0.378 e. The molecular weight excluding hydrogens is 267 g/mol. The van der Waals surface area contributed by atoms with E-state index in [2.05, 4.69) is 0 Å². The van der Waals surface area contributed by atoms with Gasteiger partial charge in [-0.1, -0.05) is 0 Å². The third-order valence-electron chi connectivity index (χ3n) is 2.92. The van der Waals surface area contributed by atoms with E-state index in [-0.39, 0.29) is 17.2 Å². The molecule has 106 valence electrons. The van der Waals surface area contributed by atoms with Crippen molar-refractivity contribution in [2.45, 2.75) is 0 Å². The summed E-state index contributed by atoms with van der Waals surface area (Å²) < 4.78 is 18.1. The fourth-order valence-corrected chi connectivity index (χ4v) is 1.87. The van der Waals surface area contributed by atoms with Gasteiger partial charge in [0.25, 0.3) is 5.69 Å². The van der Waals surface area contributed by atoms with E-state index >= 15 is 0 Å². The number of amides is 1. The number of benzene rings is 1. The lowest BCUT2D eigenvalue weighted by Gasteiger charge is -2.25.